The van der Waals surface area contributed by atoms with Gasteiger partial charge in [-0.15, -0.1) is 0 Å². The van der Waals surface area contributed by atoms with E-state index < -0.39 is 0 Å². The topological polar surface area (TPSA) is 75.8 Å². The molecule has 0 amide bonds. The predicted octanol–water partition coefficient (Wildman–Crippen LogP) is 1.23. The van der Waals surface area contributed by atoms with E-state index >= 15 is 0 Å². The van der Waals surface area contributed by atoms with E-state index in [0.29, 0.717) is 11.4 Å². The summed E-state index contributed by atoms with van der Waals surface area (Å²) < 4.78 is 0. The Morgan fingerprint density at radius 1 is 1.42 bits per heavy atom. The zero-order valence-corrected chi connectivity index (χ0v) is 6.96. The maximum atomic E-state index is 8.50. The lowest BCUT2D eigenvalue weighted by molar-refractivity contribution is 1.25. The highest BCUT2D eigenvalue weighted by molar-refractivity contribution is 5.65. The number of rotatable bonds is 1. The first-order chi connectivity index (χ1) is 5.66. The van der Waals surface area contributed by atoms with E-state index in [-0.39, 0.29) is 6.42 Å². The lowest BCUT2D eigenvalue weighted by Crippen LogP contribution is -2.01. The van der Waals surface area contributed by atoms with Crippen molar-refractivity contribution in [3.8, 4) is 6.07 Å². The van der Waals surface area contributed by atoms with Crippen LogP contribution in [0.15, 0.2) is 12.1 Å². The lowest BCUT2D eigenvalue weighted by Gasteiger charge is -2.07. The molecule has 0 saturated carbocycles. The molecule has 0 aromatic heterocycles. The second-order valence-corrected chi connectivity index (χ2v) is 2.70. The van der Waals surface area contributed by atoms with Gasteiger partial charge in [-0.3, -0.25) is 0 Å². The van der Waals surface area contributed by atoms with Crippen LogP contribution in [0.3, 0.4) is 0 Å². The molecular weight excluding hydrogens is 150 g/mol. The van der Waals surface area contributed by atoms with Gasteiger partial charge in [0.25, 0.3) is 0 Å². The van der Waals surface area contributed by atoms with Gasteiger partial charge in [-0.05, 0) is 18.6 Å². The van der Waals surface area contributed by atoms with Crippen molar-refractivity contribution in [1.82, 2.24) is 0 Å². The first-order valence-electron chi connectivity index (χ1n) is 3.67. The standard InChI is InChI=1S/C9H11N3/c1-6-2-3-8(11)7(4-5-10)9(6)12/h2-3H,4,11-12H2,1H3. The number of hydrogen-bond acceptors (Lipinski definition) is 3. The average Bonchev–Trinajstić information content (AvgIpc) is 2.06. The fraction of sp³-hybridized carbons (Fsp3) is 0.222. The smallest absolute Gasteiger partial charge is 0.0671 e. The second kappa shape index (κ2) is 3.14. The first kappa shape index (κ1) is 8.41. The fourth-order valence-corrected chi connectivity index (χ4v) is 1.08. The summed E-state index contributed by atoms with van der Waals surface area (Å²) >= 11 is 0. The van der Waals surface area contributed by atoms with Crippen molar-refractivity contribution in [3.63, 3.8) is 0 Å². The Bertz CT molecular complexity index is 336. The van der Waals surface area contributed by atoms with Crippen LogP contribution in [0.1, 0.15) is 11.1 Å². The van der Waals surface area contributed by atoms with Crippen molar-refractivity contribution < 1.29 is 0 Å². The number of aryl methyl sites for hydroxylation is 1. The number of hydrogen-bond donors (Lipinski definition) is 2. The Labute approximate surface area is 71.6 Å². The molecule has 3 heteroatoms. The van der Waals surface area contributed by atoms with Gasteiger partial charge in [0.15, 0.2) is 0 Å². The maximum Gasteiger partial charge on any atom is 0.0671 e. The molecule has 0 saturated heterocycles. The predicted molar refractivity (Wildman–Crippen MR) is 49.3 cm³/mol. The Morgan fingerprint density at radius 3 is 2.67 bits per heavy atom. The normalized spacial score (nSPS) is 9.33. The highest BCUT2D eigenvalue weighted by Gasteiger charge is 2.04. The monoisotopic (exact) mass is 161 g/mol. The highest BCUT2D eigenvalue weighted by atomic mass is 14.6. The summed E-state index contributed by atoms with van der Waals surface area (Å²) in [5.74, 6) is 0. The molecule has 12 heavy (non-hydrogen) atoms. The number of nitrogen functional groups attached to an aromatic ring is 2. The van der Waals surface area contributed by atoms with Gasteiger partial charge in [0.05, 0.1) is 12.5 Å². The fourth-order valence-electron chi connectivity index (χ4n) is 1.08. The lowest BCUT2D eigenvalue weighted by atomic mass is 10.0. The van der Waals surface area contributed by atoms with E-state index in [9.17, 15) is 0 Å². The molecule has 0 bridgehead atoms. The summed E-state index contributed by atoms with van der Waals surface area (Å²) in [6.45, 7) is 1.90. The van der Waals surface area contributed by atoms with E-state index in [0.717, 1.165) is 11.1 Å². The van der Waals surface area contributed by atoms with E-state index in [1.165, 1.54) is 0 Å². The molecule has 0 heterocycles. The first-order valence-corrected chi connectivity index (χ1v) is 3.67. The van der Waals surface area contributed by atoms with Crippen LogP contribution in [0.5, 0.6) is 0 Å². The van der Waals surface area contributed by atoms with Crippen LogP contribution >= 0.6 is 0 Å². The minimum absolute atomic E-state index is 0.277. The van der Waals surface area contributed by atoms with Crippen LogP contribution in [0, 0.1) is 18.3 Å². The van der Waals surface area contributed by atoms with Crippen LogP contribution in [0.25, 0.3) is 0 Å². The molecule has 4 N–H and O–H groups in total. The zero-order valence-electron chi connectivity index (χ0n) is 6.96. The molecule has 62 valence electrons. The molecule has 0 aliphatic heterocycles. The summed E-state index contributed by atoms with van der Waals surface area (Å²) in [6, 6.07) is 5.66. The van der Waals surface area contributed by atoms with Gasteiger partial charge in [0.2, 0.25) is 0 Å². The third-order valence-electron chi connectivity index (χ3n) is 1.87. The number of anilines is 2. The zero-order chi connectivity index (χ0) is 9.14. The highest BCUT2D eigenvalue weighted by Crippen LogP contribution is 2.23. The minimum atomic E-state index is 0.277. The summed E-state index contributed by atoms with van der Waals surface area (Å²) in [5, 5.41) is 8.50. The van der Waals surface area contributed by atoms with Gasteiger partial charge in [-0.25, -0.2) is 0 Å². The number of nitrogens with two attached hydrogens (primary N) is 2. The Balaban J connectivity index is 3.25. The van der Waals surface area contributed by atoms with Gasteiger partial charge in [-0.1, -0.05) is 6.07 Å². The van der Waals surface area contributed by atoms with E-state index in [1.807, 2.05) is 19.1 Å². The van der Waals surface area contributed by atoms with Gasteiger partial charge >= 0.3 is 0 Å². The molecule has 0 spiro atoms. The van der Waals surface area contributed by atoms with Crippen LogP contribution in [0.4, 0.5) is 11.4 Å². The molecular formula is C9H11N3. The summed E-state index contributed by atoms with van der Waals surface area (Å²) in [6.07, 6.45) is 0.277. The Morgan fingerprint density at radius 2 is 2.08 bits per heavy atom. The molecule has 0 fully saturated rings. The maximum absolute atomic E-state index is 8.50. The second-order valence-electron chi connectivity index (χ2n) is 2.70. The Kier molecular flexibility index (Phi) is 2.20. The molecule has 3 nitrogen and oxygen atoms in total. The quantitative estimate of drug-likeness (QED) is 0.608. The Hall–Kier alpha value is -1.69. The molecule has 0 aliphatic rings. The molecule has 0 aliphatic carbocycles. The third-order valence-corrected chi connectivity index (χ3v) is 1.87. The molecule has 1 rings (SSSR count). The summed E-state index contributed by atoms with van der Waals surface area (Å²) in [4.78, 5) is 0. The van der Waals surface area contributed by atoms with Gasteiger partial charge in [-0.2, -0.15) is 5.26 Å². The van der Waals surface area contributed by atoms with Crippen LogP contribution in [-0.2, 0) is 6.42 Å². The molecule has 1 aromatic carbocycles. The molecule has 0 atom stereocenters. The van der Waals surface area contributed by atoms with Crippen molar-refractivity contribution in [2.24, 2.45) is 0 Å². The van der Waals surface area contributed by atoms with Crippen molar-refractivity contribution in [2.75, 3.05) is 11.5 Å². The minimum Gasteiger partial charge on any atom is -0.398 e. The summed E-state index contributed by atoms with van der Waals surface area (Å²) in [7, 11) is 0. The van der Waals surface area contributed by atoms with E-state index in [4.69, 9.17) is 16.7 Å². The van der Waals surface area contributed by atoms with Crippen LogP contribution in [0.2, 0.25) is 0 Å². The van der Waals surface area contributed by atoms with Crippen molar-refractivity contribution in [3.05, 3.63) is 23.3 Å². The molecule has 0 unspecified atom stereocenters. The van der Waals surface area contributed by atoms with Crippen LogP contribution < -0.4 is 11.5 Å². The number of nitrogens with zero attached hydrogens (tertiary/aromatic N) is 1. The number of benzene rings is 1. The molecule has 0 radical (unpaired) electrons. The van der Waals surface area contributed by atoms with Crippen molar-refractivity contribution in [1.29, 1.82) is 5.26 Å². The van der Waals surface area contributed by atoms with Gasteiger partial charge < -0.3 is 11.5 Å². The van der Waals surface area contributed by atoms with Crippen molar-refractivity contribution in [2.45, 2.75) is 13.3 Å². The largest absolute Gasteiger partial charge is 0.398 e. The SMILES string of the molecule is Cc1ccc(N)c(CC#N)c1N. The van der Waals surface area contributed by atoms with E-state index in [2.05, 4.69) is 0 Å². The van der Waals surface area contributed by atoms with Gasteiger partial charge in [0.1, 0.15) is 0 Å². The average molecular weight is 161 g/mol. The number of nitriles is 1. The van der Waals surface area contributed by atoms with Crippen molar-refractivity contribution >= 4 is 11.4 Å². The molecule has 1 aromatic rings. The van der Waals surface area contributed by atoms with E-state index in [1.54, 1.807) is 6.07 Å². The third kappa shape index (κ3) is 1.32. The van der Waals surface area contributed by atoms with Crippen LogP contribution in [-0.4, -0.2) is 0 Å². The van der Waals surface area contributed by atoms with Gasteiger partial charge in [0, 0.05) is 16.9 Å². The summed E-state index contributed by atoms with van der Waals surface area (Å²) in [5.41, 5.74) is 14.3.